The molecular formula is C14H29Cl2N3O2. The highest BCUT2D eigenvalue weighted by molar-refractivity contribution is 5.85. The second-order valence-corrected chi connectivity index (χ2v) is 5.91. The van der Waals surface area contributed by atoms with Crippen molar-refractivity contribution in [2.24, 2.45) is 5.73 Å². The van der Waals surface area contributed by atoms with Crippen LogP contribution in [0.1, 0.15) is 39.0 Å². The lowest BCUT2D eigenvalue weighted by Crippen LogP contribution is -2.54. The number of amides is 1. The van der Waals surface area contributed by atoms with Gasteiger partial charge < -0.3 is 15.8 Å². The van der Waals surface area contributed by atoms with Crippen LogP contribution in [0.2, 0.25) is 0 Å². The second-order valence-electron chi connectivity index (χ2n) is 5.91. The van der Waals surface area contributed by atoms with Gasteiger partial charge >= 0.3 is 0 Å². The Balaban J connectivity index is 0.00000200. The van der Waals surface area contributed by atoms with E-state index < -0.39 is 0 Å². The van der Waals surface area contributed by atoms with Gasteiger partial charge in [0.15, 0.2) is 0 Å². The zero-order chi connectivity index (χ0) is 13.7. The van der Waals surface area contributed by atoms with Gasteiger partial charge in [0.05, 0.1) is 13.2 Å². The smallest absolute Gasteiger partial charge is 0.222 e. The summed E-state index contributed by atoms with van der Waals surface area (Å²) in [6, 6.07) is 0.0654. The van der Waals surface area contributed by atoms with Gasteiger partial charge in [-0.15, -0.1) is 24.8 Å². The lowest BCUT2D eigenvalue weighted by molar-refractivity contribution is -0.126. The van der Waals surface area contributed by atoms with Gasteiger partial charge in [0.1, 0.15) is 0 Å². The van der Waals surface area contributed by atoms with E-state index in [1.807, 2.05) is 6.92 Å². The fourth-order valence-electron chi connectivity index (χ4n) is 3.36. The van der Waals surface area contributed by atoms with Gasteiger partial charge in [0, 0.05) is 37.6 Å². The van der Waals surface area contributed by atoms with Crippen LogP contribution in [-0.4, -0.2) is 55.2 Å². The summed E-state index contributed by atoms with van der Waals surface area (Å²) >= 11 is 0. The zero-order valence-corrected chi connectivity index (χ0v) is 14.4. The van der Waals surface area contributed by atoms with Crippen molar-refractivity contribution in [2.45, 2.75) is 50.6 Å². The van der Waals surface area contributed by atoms with E-state index in [0.29, 0.717) is 13.0 Å². The summed E-state index contributed by atoms with van der Waals surface area (Å²) in [5, 5.41) is 3.00. The fourth-order valence-corrected chi connectivity index (χ4v) is 3.36. The molecule has 0 aromatic heterocycles. The molecule has 2 fully saturated rings. The third kappa shape index (κ3) is 5.57. The molecule has 1 saturated heterocycles. The fraction of sp³-hybridized carbons (Fsp3) is 0.929. The normalized spacial score (nSPS) is 22.8. The van der Waals surface area contributed by atoms with Crippen LogP contribution in [0.4, 0.5) is 0 Å². The highest BCUT2D eigenvalue weighted by Gasteiger charge is 2.41. The SMILES string of the molecule is C[C@@H](CN)NC(=O)CC1(N2CCOCC2)CCCC1.Cl.Cl. The van der Waals surface area contributed by atoms with Gasteiger partial charge in [-0.1, -0.05) is 12.8 Å². The highest BCUT2D eigenvalue weighted by atomic mass is 35.5. The maximum atomic E-state index is 12.2. The number of hydrogen-bond acceptors (Lipinski definition) is 4. The van der Waals surface area contributed by atoms with E-state index in [2.05, 4.69) is 10.2 Å². The Hall–Kier alpha value is -0.0700. The molecule has 0 bridgehead atoms. The van der Waals surface area contributed by atoms with Crippen LogP contribution >= 0.6 is 24.8 Å². The quantitative estimate of drug-likeness (QED) is 0.791. The van der Waals surface area contributed by atoms with Gasteiger partial charge in [-0.25, -0.2) is 0 Å². The number of nitrogens with zero attached hydrogens (tertiary/aromatic N) is 1. The van der Waals surface area contributed by atoms with Crippen molar-refractivity contribution < 1.29 is 9.53 Å². The topological polar surface area (TPSA) is 67.6 Å². The Bertz CT molecular complexity index is 307. The second kappa shape index (κ2) is 9.85. The first-order valence-electron chi connectivity index (χ1n) is 7.48. The Morgan fingerprint density at radius 3 is 2.38 bits per heavy atom. The lowest BCUT2D eigenvalue weighted by Gasteiger charge is -2.43. The first-order chi connectivity index (χ1) is 9.16. The molecule has 126 valence electrons. The number of hydrogen-bond donors (Lipinski definition) is 2. The Morgan fingerprint density at radius 1 is 1.29 bits per heavy atom. The predicted molar refractivity (Wildman–Crippen MR) is 89.4 cm³/mol. The molecule has 2 rings (SSSR count). The van der Waals surface area contributed by atoms with Gasteiger partial charge in [0.2, 0.25) is 5.91 Å². The van der Waals surface area contributed by atoms with Crippen LogP contribution in [0.3, 0.4) is 0 Å². The van der Waals surface area contributed by atoms with Crippen molar-refractivity contribution >= 4 is 30.7 Å². The summed E-state index contributed by atoms with van der Waals surface area (Å²) in [7, 11) is 0. The third-order valence-corrected chi connectivity index (χ3v) is 4.47. The van der Waals surface area contributed by atoms with E-state index >= 15 is 0 Å². The summed E-state index contributed by atoms with van der Waals surface area (Å²) in [5.74, 6) is 0.145. The molecule has 0 spiro atoms. The standard InChI is InChI=1S/C14H27N3O2.2ClH/c1-12(11-15)16-13(18)10-14(4-2-3-5-14)17-6-8-19-9-7-17;;/h12H,2-11,15H2,1H3,(H,16,18);2*1H/t12-;;/m0../s1. The molecule has 5 nitrogen and oxygen atoms in total. The average Bonchev–Trinajstić information content (AvgIpc) is 2.89. The Morgan fingerprint density at radius 2 is 1.86 bits per heavy atom. The maximum Gasteiger partial charge on any atom is 0.222 e. The molecule has 1 amide bonds. The Labute approximate surface area is 140 Å². The molecule has 1 atom stereocenters. The van der Waals surface area contributed by atoms with E-state index in [-0.39, 0.29) is 42.3 Å². The van der Waals surface area contributed by atoms with Crippen molar-refractivity contribution in [3.8, 4) is 0 Å². The molecule has 21 heavy (non-hydrogen) atoms. The lowest BCUT2D eigenvalue weighted by atomic mass is 9.90. The van der Waals surface area contributed by atoms with Gasteiger partial charge in [-0.3, -0.25) is 9.69 Å². The van der Waals surface area contributed by atoms with E-state index in [1.165, 1.54) is 12.8 Å². The predicted octanol–water partition coefficient (Wildman–Crippen LogP) is 1.33. The minimum absolute atomic E-state index is 0. The van der Waals surface area contributed by atoms with Crippen LogP contribution in [-0.2, 0) is 9.53 Å². The summed E-state index contributed by atoms with van der Waals surface area (Å²) in [6.45, 7) is 5.95. The third-order valence-electron chi connectivity index (χ3n) is 4.47. The van der Waals surface area contributed by atoms with E-state index in [4.69, 9.17) is 10.5 Å². The number of halogens is 2. The minimum Gasteiger partial charge on any atom is -0.379 e. The number of carbonyl (C=O) groups excluding carboxylic acids is 1. The molecule has 1 aliphatic heterocycles. The Kier molecular flexibility index (Phi) is 9.81. The van der Waals surface area contributed by atoms with Crippen LogP contribution < -0.4 is 11.1 Å². The minimum atomic E-state index is 0. The molecular weight excluding hydrogens is 313 g/mol. The number of carbonyl (C=O) groups is 1. The molecule has 7 heteroatoms. The van der Waals surface area contributed by atoms with Gasteiger partial charge in [0.25, 0.3) is 0 Å². The van der Waals surface area contributed by atoms with Crippen molar-refractivity contribution in [2.75, 3.05) is 32.8 Å². The van der Waals surface area contributed by atoms with Crippen LogP contribution in [0.5, 0.6) is 0 Å². The molecule has 1 aliphatic carbocycles. The summed E-state index contributed by atoms with van der Waals surface area (Å²) in [4.78, 5) is 14.7. The molecule has 0 aromatic rings. The molecule has 2 aliphatic rings. The highest BCUT2D eigenvalue weighted by Crippen LogP contribution is 2.38. The summed E-state index contributed by atoms with van der Waals surface area (Å²) in [6.07, 6.45) is 5.35. The van der Waals surface area contributed by atoms with Gasteiger partial charge in [-0.05, 0) is 19.8 Å². The van der Waals surface area contributed by atoms with Crippen LogP contribution in [0.15, 0.2) is 0 Å². The van der Waals surface area contributed by atoms with Crippen molar-refractivity contribution in [3.63, 3.8) is 0 Å². The van der Waals surface area contributed by atoms with Gasteiger partial charge in [-0.2, -0.15) is 0 Å². The number of rotatable bonds is 5. The van der Waals surface area contributed by atoms with Crippen LogP contribution in [0, 0.1) is 0 Å². The molecule has 3 N–H and O–H groups in total. The maximum absolute atomic E-state index is 12.2. The monoisotopic (exact) mass is 341 g/mol. The van der Waals surface area contributed by atoms with E-state index in [0.717, 1.165) is 39.1 Å². The zero-order valence-electron chi connectivity index (χ0n) is 12.8. The molecule has 0 unspecified atom stereocenters. The summed E-state index contributed by atoms with van der Waals surface area (Å²) in [5.41, 5.74) is 5.63. The van der Waals surface area contributed by atoms with E-state index in [1.54, 1.807) is 0 Å². The van der Waals surface area contributed by atoms with Crippen molar-refractivity contribution in [1.82, 2.24) is 10.2 Å². The molecule has 0 radical (unpaired) electrons. The number of morpholine rings is 1. The van der Waals surface area contributed by atoms with Crippen molar-refractivity contribution in [3.05, 3.63) is 0 Å². The molecule has 1 heterocycles. The summed E-state index contributed by atoms with van der Waals surface area (Å²) < 4.78 is 5.43. The average molecular weight is 342 g/mol. The first kappa shape index (κ1) is 20.9. The molecule has 1 saturated carbocycles. The molecule has 0 aromatic carbocycles. The number of nitrogens with two attached hydrogens (primary N) is 1. The van der Waals surface area contributed by atoms with E-state index in [9.17, 15) is 4.79 Å². The largest absolute Gasteiger partial charge is 0.379 e. The van der Waals surface area contributed by atoms with Crippen molar-refractivity contribution in [1.29, 1.82) is 0 Å². The number of ether oxygens (including phenoxy) is 1. The number of nitrogens with one attached hydrogen (secondary N) is 1. The van der Waals surface area contributed by atoms with Crippen LogP contribution in [0.25, 0.3) is 0 Å². The first-order valence-corrected chi connectivity index (χ1v) is 7.48.